The van der Waals surface area contributed by atoms with Crippen molar-refractivity contribution in [3.8, 4) is 0 Å². The molecule has 0 amide bonds. The molecule has 0 fully saturated rings. The van der Waals surface area contributed by atoms with Crippen LogP contribution in [0.4, 0.5) is 8.78 Å². The molecule has 0 aliphatic carbocycles. The minimum atomic E-state index is -2.41. The van der Waals surface area contributed by atoms with Gasteiger partial charge in [-0.3, -0.25) is 0 Å². The van der Waals surface area contributed by atoms with Gasteiger partial charge in [-0.05, 0) is 6.42 Å². The molecule has 0 aliphatic rings. The minimum absolute atomic E-state index is 0.0148. The standard InChI is InChI=1S/C9H18F2.C2H6/c1-3-5-6-7-8-9(10,11)4-2;1-2/h3-8H2,1-2H3;1-2H3. The van der Waals surface area contributed by atoms with Gasteiger partial charge in [0.15, 0.2) is 0 Å². The zero-order valence-corrected chi connectivity index (χ0v) is 9.50. The van der Waals surface area contributed by atoms with Crippen LogP contribution in [0.15, 0.2) is 0 Å². The second kappa shape index (κ2) is 9.94. The van der Waals surface area contributed by atoms with E-state index in [2.05, 4.69) is 6.92 Å². The van der Waals surface area contributed by atoms with Gasteiger partial charge in [-0.15, -0.1) is 0 Å². The quantitative estimate of drug-likeness (QED) is 0.520. The summed E-state index contributed by atoms with van der Waals surface area (Å²) in [6.07, 6.45) is 3.88. The number of hydrogen-bond donors (Lipinski definition) is 0. The van der Waals surface area contributed by atoms with E-state index in [1.165, 1.54) is 0 Å². The first-order valence-electron chi connectivity index (χ1n) is 5.50. The summed E-state index contributed by atoms with van der Waals surface area (Å²) in [4.78, 5) is 0. The van der Waals surface area contributed by atoms with Crippen LogP contribution in [0.25, 0.3) is 0 Å². The summed E-state index contributed by atoms with van der Waals surface area (Å²) in [6.45, 7) is 7.62. The molecule has 0 nitrogen and oxygen atoms in total. The molecular formula is C11H24F2. The molecule has 0 aromatic heterocycles. The van der Waals surface area contributed by atoms with Gasteiger partial charge in [0.05, 0.1) is 0 Å². The number of hydrogen-bond acceptors (Lipinski definition) is 0. The fraction of sp³-hybridized carbons (Fsp3) is 1.00. The molecule has 0 N–H and O–H groups in total. The highest BCUT2D eigenvalue weighted by Crippen LogP contribution is 2.24. The number of rotatable bonds is 6. The van der Waals surface area contributed by atoms with Gasteiger partial charge in [0.25, 0.3) is 0 Å². The molecule has 0 aliphatic heterocycles. The van der Waals surface area contributed by atoms with E-state index in [0.717, 1.165) is 19.3 Å². The lowest BCUT2D eigenvalue weighted by Crippen LogP contribution is -2.13. The molecule has 0 heterocycles. The Morgan fingerprint density at radius 2 is 1.46 bits per heavy atom. The second-order valence-corrected chi connectivity index (χ2v) is 3.02. The first-order valence-corrected chi connectivity index (χ1v) is 5.50. The molecule has 0 aromatic carbocycles. The Morgan fingerprint density at radius 1 is 0.923 bits per heavy atom. The third-order valence-corrected chi connectivity index (χ3v) is 1.91. The van der Waals surface area contributed by atoms with E-state index in [1.54, 1.807) is 6.92 Å². The Balaban J connectivity index is 0. The summed E-state index contributed by atoms with van der Waals surface area (Å²) in [7, 11) is 0. The van der Waals surface area contributed by atoms with E-state index in [4.69, 9.17) is 0 Å². The molecule has 0 spiro atoms. The van der Waals surface area contributed by atoms with Gasteiger partial charge in [-0.2, -0.15) is 0 Å². The van der Waals surface area contributed by atoms with Crippen LogP contribution in [0, 0.1) is 0 Å². The number of alkyl halides is 2. The Hall–Kier alpha value is -0.140. The number of halogens is 2. The Bertz CT molecular complexity index is 90.1. The van der Waals surface area contributed by atoms with E-state index in [1.807, 2.05) is 13.8 Å². The van der Waals surface area contributed by atoms with Gasteiger partial charge in [0.2, 0.25) is 5.92 Å². The predicted molar refractivity (Wildman–Crippen MR) is 55.3 cm³/mol. The summed E-state index contributed by atoms with van der Waals surface area (Å²) in [5.41, 5.74) is 0. The summed E-state index contributed by atoms with van der Waals surface area (Å²) in [5.74, 6) is -2.41. The molecule has 82 valence electrons. The SMILES string of the molecule is CC.CCCCCCC(F)(F)CC. The van der Waals surface area contributed by atoms with E-state index >= 15 is 0 Å². The second-order valence-electron chi connectivity index (χ2n) is 3.02. The number of unbranched alkanes of at least 4 members (excludes halogenated alkanes) is 3. The highest BCUT2D eigenvalue weighted by molar-refractivity contribution is 4.62. The van der Waals surface area contributed by atoms with Crippen LogP contribution in [-0.4, -0.2) is 5.92 Å². The summed E-state index contributed by atoms with van der Waals surface area (Å²) >= 11 is 0. The zero-order chi connectivity index (χ0) is 10.7. The molecule has 13 heavy (non-hydrogen) atoms. The molecule has 0 radical (unpaired) electrons. The van der Waals surface area contributed by atoms with Crippen LogP contribution in [0.1, 0.15) is 66.2 Å². The van der Waals surface area contributed by atoms with Crippen LogP contribution in [0.2, 0.25) is 0 Å². The maximum atomic E-state index is 12.6. The Morgan fingerprint density at radius 3 is 1.85 bits per heavy atom. The van der Waals surface area contributed by atoms with Gasteiger partial charge in [0, 0.05) is 12.8 Å². The average Bonchev–Trinajstić information content (AvgIpc) is 2.16. The molecular weight excluding hydrogens is 170 g/mol. The normalized spacial score (nSPS) is 10.6. The van der Waals surface area contributed by atoms with Gasteiger partial charge in [-0.25, -0.2) is 8.78 Å². The van der Waals surface area contributed by atoms with Crippen molar-refractivity contribution in [1.82, 2.24) is 0 Å². The van der Waals surface area contributed by atoms with Crippen molar-refractivity contribution in [3.63, 3.8) is 0 Å². The van der Waals surface area contributed by atoms with Gasteiger partial charge in [-0.1, -0.05) is 47.0 Å². The molecule has 0 bridgehead atoms. The van der Waals surface area contributed by atoms with Crippen molar-refractivity contribution in [2.45, 2.75) is 72.1 Å². The van der Waals surface area contributed by atoms with Gasteiger partial charge in [0.1, 0.15) is 0 Å². The first kappa shape index (κ1) is 15.3. The van der Waals surface area contributed by atoms with E-state index in [-0.39, 0.29) is 12.8 Å². The van der Waals surface area contributed by atoms with Crippen LogP contribution in [0.5, 0.6) is 0 Å². The molecule has 0 rings (SSSR count). The highest BCUT2D eigenvalue weighted by Gasteiger charge is 2.24. The van der Waals surface area contributed by atoms with Crippen LogP contribution in [0.3, 0.4) is 0 Å². The topological polar surface area (TPSA) is 0 Å². The molecule has 0 saturated heterocycles. The summed E-state index contributed by atoms with van der Waals surface area (Å²) in [6, 6.07) is 0. The maximum absolute atomic E-state index is 12.6. The smallest absolute Gasteiger partial charge is 0.207 e. The fourth-order valence-electron chi connectivity index (χ4n) is 0.987. The Labute approximate surface area is 81.7 Å². The van der Waals surface area contributed by atoms with E-state index in [0.29, 0.717) is 6.42 Å². The van der Waals surface area contributed by atoms with Crippen molar-refractivity contribution in [1.29, 1.82) is 0 Å². The third-order valence-electron chi connectivity index (χ3n) is 1.91. The van der Waals surface area contributed by atoms with Gasteiger partial charge >= 0.3 is 0 Å². The average molecular weight is 194 g/mol. The van der Waals surface area contributed by atoms with Crippen molar-refractivity contribution in [3.05, 3.63) is 0 Å². The Kier molecular flexibility index (Phi) is 11.7. The molecule has 0 aromatic rings. The molecule has 0 saturated carbocycles. The largest absolute Gasteiger partial charge is 0.247 e. The predicted octanol–water partition coefficient (Wildman–Crippen LogP) is 5.03. The van der Waals surface area contributed by atoms with Crippen molar-refractivity contribution < 1.29 is 8.78 Å². The third kappa shape index (κ3) is 11.9. The van der Waals surface area contributed by atoms with Crippen LogP contribution in [-0.2, 0) is 0 Å². The molecule has 0 unspecified atom stereocenters. The van der Waals surface area contributed by atoms with Crippen molar-refractivity contribution >= 4 is 0 Å². The van der Waals surface area contributed by atoms with Crippen molar-refractivity contribution in [2.24, 2.45) is 0 Å². The monoisotopic (exact) mass is 194 g/mol. The molecule has 2 heteroatoms. The first-order chi connectivity index (χ1) is 6.12. The lowest BCUT2D eigenvalue weighted by molar-refractivity contribution is -0.0136. The van der Waals surface area contributed by atoms with Crippen LogP contribution < -0.4 is 0 Å². The van der Waals surface area contributed by atoms with Crippen LogP contribution >= 0.6 is 0 Å². The molecule has 0 atom stereocenters. The van der Waals surface area contributed by atoms with Crippen molar-refractivity contribution in [2.75, 3.05) is 0 Å². The maximum Gasteiger partial charge on any atom is 0.247 e. The van der Waals surface area contributed by atoms with Gasteiger partial charge < -0.3 is 0 Å². The van der Waals surface area contributed by atoms with E-state index in [9.17, 15) is 8.78 Å². The minimum Gasteiger partial charge on any atom is -0.207 e. The van der Waals surface area contributed by atoms with E-state index < -0.39 is 5.92 Å². The fourth-order valence-corrected chi connectivity index (χ4v) is 0.987. The zero-order valence-electron chi connectivity index (χ0n) is 9.50. The lowest BCUT2D eigenvalue weighted by Gasteiger charge is -2.12. The highest BCUT2D eigenvalue weighted by atomic mass is 19.3. The lowest BCUT2D eigenvalue weighted by atomic mass is 10.1. The summed E-state index contributed by atoms with van der Waals surface area (Å²) in [5, 5.41) is 0. The summed E-state index contributed by atoms with van der Waals surface area (Å²) < 4.78 is 25.2.